The minimum Gasteiger partial charge on any atom is -0.394 e. The fourth-order valence-electron chi connectivity index (χ4n) is 11.2. The van der Waals surface area contributed by atoms with Crippen LogP contribution in [0.25, 0.3) is 5.52 Å². The molecule has 0 bridgehead atoms. The van der Waals surface area contributed by atoms with Gasteiger partial charge < -0.3 is 49.6 Å². The molecule has 6 N–H and O–H groups in total. The van der Waals surface area contributed by atoms with Crippen molar-refractivity contribution in [1.29, 1.82) is 15.8 Å². The number of hydrogen-bond donors (Lipinski definition) is 5. The molecule has 2 aromatic heterocycles. The number of nitrogens with two attached hydrogens (primary N) is 1. The van der Waals surface area contributed by atoms with E-state index in [1.807, 2.05) is 18.2 Å². The van der Waals surface area contributed by atoms with Gasteiger partial charge in [0.15, 0.2) is 5.82 Å². The molecular weight excluding hydrogens is 1200 g/mol. The van der Waals surface area contributed by atoms with Crippen molar-refractivity contribution in [2.24, 2.45) is 0 Å². The minimum absolute atomic E-state index is 0.0311. The monoisotopic (exact) mass is 1310 g/mol. The number of nitrogen functional groups attached to an aromatic ring is 1. The van der Waals surface area contributed by atoms with Gasteiger partial charge in [0, 0.05) is 13.2 Å². The molecule has 2 aromatic carbocycles. The minimum atomic E-state index is -4.84. The van der Waals surface area contributed by atoms with E-state index in [2.05, 4.69) is 23.9 Å². The van der Waals surface area contributed by atoms with Crippen LogP contribution in [0.3, 0.4) is 0 Å². The van der Waals surface area contributed by atoms with Crippen molar-refractivity contribution in [2.45, 2.75) is 269 Å². The molecule has 0 aliphatic carbocycles. The van der Waals surface area contributed by atoms with Crippen LogP contribution in [0.15, 0.2) is 54.9 Å². The summed E-state index contributed by atoms with van der Waals surface area (Å²) in [6, 6.07) is 16.5. The Balaban J connectivity index is 0.000000452. The third-order valence-electron chi connectivity index (χ3n) is 16.7. The number of anilines is 1. The van der Waals surface area contributed by atoms with Gasteiger partial charge in [-0.15, -0.1) is 0 Å². The molecule has 3 heterocycles. The first-order valence-corrected chi connectivity index (χ1v) is 35.8. The summed E-state index contributed by atoms with van der Waals surface area (Å²) in [6.07, 6.45) is 36.2. The van der Waals surface area contributed by atoms with E-state index in [9.17, 15) is 44.1 Å². The maximum absolute atomic E-state index is 14.0. The average molecular weight is 1310 g/mol. The molecule has 0 spiro atoms. The Kier molecular flexibility index (Phi) is 41.3. The van der Waals surface area contributed by atoms with Gasteiger partial charge in [0.25, 0.3) is 0 Å². The van der Waals surface area contributed by atoms with E-state index in [1.54, 1.807) is 0 Å². The van der Waals surface area contributed by atoms with Crippen molar-refractivity contribution in [2.75, 3.05) is 52.0 Å². The highest BCUT2D eigenvalue weighted by Crippen LogP contribution is 2.46. The molecule has 92 heavy (non-hydrogen) atoms. The third kappa shape index (κ3) is 30.6. The van der Waals surface area contributed by atoms with Crippen molar-refractivity contribution in [1.82, 2.24) is 14.6 Å². The number of aliphatic hydroxyl groups is 3. The molecule has 1 fully saturated rings. The van der Waals surface area contributed by atoms with Crippen LogP contribution in [0.1, 0.15) is 247 Å². The summed E-state index contributed by atoms with van der Waals surface area (Å²) in [6.45, 7) is 4.34. The van der Waals surface area contributed by atoms with Crippen LogP contribution in [0.2, 0.25) is 0 Å². The molecule has 514 valence electrons. The summed E-state index contributed by atoms with van der Waals surface area (Å²) in [5.41, 5.74) is 5.50. The van der Waals surface area contributed by atoms with E-state index in [0.717, 1.165) is 38.4 Å². The Hall–Kier alpha value is -5.02. The Morgan fingerprint density at radius 1 is 0.620 bits per heavy atom. The zero-order valence-electron chi connectivity index (χ0n) is 55.1. The van der Waals surface area contributed by atoms with Gasteiger partial charge >= 0.3 is 7.82 Å². The van der Waals surface area contributed by atoms with Crippen molar-refractivity contribution in [3.8, 4) is 18.2 Å². The van der Waals surface area contributed by atoms with Gasteiger partial charge in [0.2, 0.25) is 5.60 Å². The molecule has 1 aliphatic heterocycles. The molecule has 19 nitrogen and oxygen atoms in total. The quantitative estimate of drug-likeness (QED) is 0.0203. The molecule has 22 heteroatoms. The molecule has 1 unspecified atom stereocenters. The van der Waals surface area contributed by atoms with Gasteiger partial charge in [-0.3, -0.25) is 9.05 Å². The van der Waals surface area contributed by atoms with Crippen LogP contribution in [0.4, 0.5) is 14.6 Å². The number of halogens is 2. The highest BCUT2D eigenvalue weighted by molar-refractivity contribution is 7.47. The van der Waals surface area contributed by atoms with Crippen molar-refractivity contribution < 1.29 is 66.3 Å². The van der Waals surface area contributed by atoms with Crippen molar-refractivity contribution in [3.05, 3.63) is 94.4 Å². The molecular formula is C70H108F2N7O12P. The first-order valence-electron chi connectivity index (χ1n) is 34.3. The standard InChI is InChI=1S/C41H60FN6O9P.C29H48FNO3/c1-2-3-4-5-6-7-8-9-10-11-12-13-14-15-16-17-22-53-26-34(54-25-32-23-33(42)19-18-31(32)24-43)27-55-58(51,52)56-28-36-38(49)39(50)41(29-44,57-36)37-21-20-35-40(45)46-30-47-48(35)37;1-2-3-4-5-6-7-8-9-10-11-12-13-14-15-16-17-20-33-25-29(23-32)34-24-27-21-28(30)19-18-26(27)22-31/h18-21,23,30,34,36,38-39,49-50H,2-17,22,25-28H2,1H3,(H,51,52)(H2,45,46,47);18-19,21,29,32H,2-17,20,23-25H2,1H3/t34-,36-,38-,39-,41+;29-/m10/s1. The topological polar surface area (TPSA) is 290 Å². The fourth-order valence-corrected chi connectivity index (χ4v) is 11.9. The summed E-state index contributed by atoms with van der Waals surface area (Å²) in [4.78, 5) is 14.5. The number of hydrogen-bond acceptors (Lipinski definition) is 17. The number of aliphatic hydroxyl groups excluding tert-OH is 3. The second-order valence-electron chi connectivity index (χ2n) is 24.3. The Morgan fingerprint density at radius 2 is 1.04 bits per heavy atom. The number of unbranched alkanes of at least 4 members (excludes halogenated alkanes) is 30. The Morgan fingerprint density at radius 3 is 1.47 bits per heavy atom. The predicted molar refractivity (Wildman–Crippen MR) is 351 cm³/mol. The van der Waals surface area contributed by atoms with Crippen LogP contribution in [-0.2, 0) is 56.1 Å². The Labute approximate surface area is 546 Å². The van der Waals surface area contributed by atoms with Crippen LogP contribution in [0.5, 0.6) is 0 Å². The summed E-state index contributed by atoms with van der Waals surface area (Å²) < 4.78 is 80.8. The number of benzene rings is 2. The molecule has 5 rings (SSSR count). The maximum Gasteiger partial charge on any atom is 0.472 e. The van der Waals surface area contributed by atoms with E-state index in [-0.39, 0.29) is 49.1 Å². The summed E-state index contributed by atoms with van der Waals surface area (Å²) in [5.74, 6) is -0.851. The SMILES string of the molecule is CCCCCCCCCCCCCCCCCCOC[C@H](CO)OCc1cc(F)ccc1C#N.CCCCCCCCCCCCCCCCCCOC[C@H](COP(=O)(O)OC[C@H]1O[C@@](C#N)(c2ccc3c(N)ncnn23)[C@H](O)[C@@H]1O)OCc1cc(F)ccc1C#N. The van der Waals surface area contributed by atoms with Gasteiger partial charge in [0.05, 0.1) is 75.2 Å². The molecule has 1 saturated heterocycles. The average Bonchev–Trinajstić information content (AvgIpc) is 1.58. The van der Waals surface area contributed by atoms with Crippen LogP contribution < -0.4 is 5.73 Å². The van der Waals surface area contributed by atoms with E-state index >= 15 is 0 Å². The molecule has 0 radical (unpaired) electrons. The molecule has 7 atom stereocenters. The maximum atomic E-state index is 14.0. The predicted octanol–water partition coefficient (Wildman–Crippen LogP) is 15.0. The summed E-state index contributed by atoms with van der Waals surface area (Å²) >= 11 is 0. The number of ether oxygens (including phenoxy) is 5. The second kappa shape index (κ2) is 47.8. The van der Waals surface area contributed by atoms with Crippen molar-refractivity contribution in [3.63, 3.8) is 0 Å². The highest BCUT2D eigenvalue weighted by Gasteiger charge is 2.58. The fraction of sp³-hybridized carbons (Fsp3) is 0.700. The first-order chi connectivity index (χ1) is 44.8. The largest absolute Gasteiger partial charge is 0.472 e. The number of nitriles is 3. The lowest BCUT2D eigenvalue weighted by atomic mass is 9.92. The zero-order valence-corrected chi connectivity index (χ0v) is 56.0. The van der Waals surface area contributed by atoms with E-state index in [1.165, 1.54) is 226 Å². The molecule has 1 aliphatic rings. The van der Waals surface area contributed by atoms with E-state index < -0.39 is 68.8 Å². The van der Waals surface area contributed by atoms with Crippen LogP contribution in [-0.4, -0.2) is 112 Å². The number of phosphoric acid groups is 1. The molecule has 4 aromatic rings. The van der Waals surface area contributed by atoms with Gasteiger partial charge in [-0.25, -0.2) is 22.8 Å². The summed E-state index contributed by atoms with van der Waals surface area (Å²) in [5, 5.41) is 64.0. The second-order valence-corrected chi connectivity index (χ2v) is 25.7. The number of aromatic nitrogens is 3. The first kappa shape index (κ1) is 79.4. The normalized spacial score (nSPS) is 17.6. The molecule has 0 amide bonds. The highest BCUT2D eigenvalue weighted by atomic mass is 31.2. The zero-order chi connectivity index (χ0) is 66.5. The molecule has 0 saturated carbocycles. The lowest BCUT2D eigenvalue weighted by molar-refractivity contribution is -0.0690. The van der Waals surface area contributed by atoms with Crippen molar-refractivity contribution >= 4 is 19.2 Å². The lowest BCUT2D eigenvalue weighted by Gasteiger charge is -2.24. The van der Waals surface area contributed by atoms with E-state index in [0.29, 0.717) is 36.5 Å². The Bertz CT molecular complexity index is 2800. The van der Waals surface area contributed by atoms with Gasteiger partial charge in [-0.05, 0) is 72.5 Å². The number of rotatable bonds is 52. The number of phosphoric ester groups is 1. The number of fused-ring (bicyclic) bond motifs is 1. The van der Waals surface area contributed by atoms with E-state index in [4.69, 9.17) is 43.7 Å². The smallest absolute Gasteiger partial charge is 0.394 e. The van der Waals surface area contributed by atoms with Gasteiger partial charge in [-0.1, -0.05) is 206 Å². The van der Waals surface area contributed by atoms with Crippen LogP contribution in [0, 0.1) is 45.6 Å². The third-order valence-corrected chi connectivity index (χ3v) is 17.7. The van der Waals surface area contributed by atoms with Gasteiger partial charge in [-0.2, -0.15) is 20.9 Å². The summed E-state index contributed by atoms with van der Waals surface area (Å²) in [7, 11) is -4.84. The van der Waals surface area contributed by atoms with Crippen LogP contribution >= 0.6 is 7.82 Å². The van der Waals surface area contributed by atoms with Gasteiger partial charge in [0.1, 0.15) is 60.1 Å². The number of nitrogens with zero attached hydrogens (tertiary/aromatic N) is 6. The lowest BCUT2D eigenvalue weighted by Crippen LogP contribution is -2.41.